The molecule has 0 radical (unpaired) electrons. The van der Waals surface area contributed by atoms with Gasteiger partial charge in [-0.2, -0.15) is 0 Å². The molecule has 2 aromatic heterocycles. The highest BCUT2D eigenvalue weighted by Gasteiger charge is 2.13. The van der Waals surface area contributed by atoms with Crippen LogP contribution in [0.2, 0.25) is 0 Å². The summed E-state index contributed by atoms with van der Waals surface area (Å²) in [5, 5.41) is 12.6. The zero-order chi connectivity index (χ0) is 18.5. The lowest BCUT2D eigenvalue weighted by Crippen LogP contribution is -2.22. The number of hydrogen-bond acceptors (Lipinski definition) is 8. The smallest absolute Gasteiger partial charge is 0.282 e. The average Bonchev–Trinajstić information content (AvgIpc) is 3.07. The number of aromatic nitrogens is 4. The fraction of sp³-hybridized carbons (Fsp3) is 0.235. The second-order valence-electron chi connectivity index (χ2n) is 5.67. The zero-order valence-electron chi connectivity index (χ0n) is 14.4. The van der Waals surface area contributed by atoms with Crippen molar-refractivity contribution < 1.29 is 4.79 Å². The molecule has 0 aliphatic carbocycles. The largest absolute Gasteiger partial charge is 0.384 e. The zero-order valence-corrected chi connectivity index (χ0v) is 16.0. The Labute approximate surface area is 159 Å². The van der Waals surface area contributed by atoms with Crippen molar-refractivity contribution in [3.05, 3.63) is 57.2 Å². The van der Waals surface area contributed by atoms with E-state index < -0.39 is 0 Å². The quantitative estimate of drug-likeness (QED) is 0.495. The third-order valence-corrected chi connectivity index (χ3v) is 5.38. The van der Waals surface area contributed by atoms with Crippen LogP contribution in [0.3, 0.4) is 0 Å². The third kappa shape index (κ3) is 4.99. The van der Waals surface area contributed by atoms with Crippen molar-refractivity contribution in [3.63, 3.8) is 0 Å². The van der Waals surface area contributed by atoms with Gasteiger partial charge in [0.2, 0.25) is 5.01 Å². The van der Waals surface area contributed by atoms with Crippen molar-refractivity contribution >= 4 is 34.8 Å². The highest BCUT2D eigenvalue weighted by Crippen LogP contribution is 2.22. The summed E-state index contributed by atoms with van der Waals surface area (Å²) in [6.45, 7) is 4.35. The molecule has 0 spiro atoms. The summed E-state index contributed by atoms with van der Waals surface area (Å²) in [7, 11) is 0. The number of rotatable bonds is 6. The molecule has 1 amide bonds. The van der Waals surface area contributed by atoms with Gasteiger partial charge in [-0.1, -0.05) is 52.9 Å². The molecule has 3 N–H and O–H groups in total. The fourth-order valence-electron chi connectivity index (χ4n) is 2.12. The lowest BCUT2D eigenvalue weighted by molar-refractivity contribution is 0.0950. The van der Waals surface area contributed by atoms with Gasteiger partial charge in [0.05, 0.1) is 5.75 Å². The maximum atomic E-state index is 12.2. The number of nitrogens with one attached hydrogen (secondary N) is 1. The molecule has 3 rings (SSSR count). The molecular weight excluding hydrogens is 368 g/mol. The number of amides is 1. The number of thioether (sulfide) groups is 1. The van der Waals surface area contributed by atoms with Gasteiger partial charge in [0.15, 0.2) is 5.16 Å². The Morgan fingerprint density at radius 2 is 1.96 bits per heavy atom. The molecule has 9 heteroatoms. The van der Waals surface area contributed by atoms with Gasteiger partial charge in [0.1, 0.15) is 10.8 Å². The first-order valence-corrected chi connectivity index (χ1v) is 9.70. The topological polar surface area (TPSA) is 107 Å². The molecule has 3 aromatic rings. The van der Waals surface area contributed by atoms with Crippen LogP contribution < -0.4 is 11.1 Å². The summed E-state index contributed by atoms with van der Waals surface area (Å²) in [6.07, 6.45) is 0. The highest BCUT2D eigenvalue weighted by atomic mass is 32.2. The lowest BCUT2D eigenvalue weighted by atomic mass is 10.1. The van der Waals surface area contributed by atoms with E-state index in [4.69, 9.17) is 5.73 Å². The van der Waals surface area contributed by atoms with E-state index in [-0.39, 0.29) is 5.91 Å². The number of anilines is 1. The van der Waals surface area contributed by atoms with Gasteiger partial charge in [-0.25, -0.2) is 9.97 Å². The van der Waals surface area contributed by atoms with E-state index in [2.05, 4.69) is 25.5 Å². The Kier molecular flexibility index (Phi) is 5.79. The molecule has 0 saturated heterocycles. The second kappa shape index (κ2) is 8.24. The van der Waals surface area contributed by atoms with Gasteiger partial charge < -0.3 is 11.1 Å². The molecule has 0 aliphatic heterocycles. The van der Waals surface area contributed by atoms with E-state index in [1.165, 1.54) is 28.7 Å². The summed E-state index contributed by atoms with van der Waals surface area (Å²) >= 11 is 2.68. The van der Waals surface area contributed by atoms with E-state index >= 15 is 0 Å². The molecule has 2 heterocycles. The summed E-state index contributed by atoms with van der Waals surface area (Å²) < 4.78 is 0. The predicted octanol–water partition coefficient (Wildman–Crippen LogP) is 2.75. The standard InChI is InChI=1S/C17H18N6OS2/c1-10-3-5-12(6-4-10)8-19-15(24)16-23-22-14(26-16)9-25-17-20-11(2)7-13(18)21-17/h3-7H,8-9H2,1-2H3,(H,19,24)(H2,18,20,21). The van der Waals surface area contributed by atoms with Crippen molar-refractivity contribution in [2.24, 2.45) is 0 Å². The third-order valence-electron chi connectivity index (χ3n) is 3.41. The molecule has 0 fully saturated rings. The fourth-order valence-corrected chi connectivity index (χ4v) is 3.78. The Balaban J connectivity index is 1.54. The van der Waals surface area contributed by atoms with Crippen molar-refractivity contribution in [2.75, 3.05) is 5.73 Å². The first kappa shape index (κ1) is 18.3. The number of aryl methyl sites for hydroxylation is 2. The lowest BCUT2D eigenvalue weighted by Gasteiger charge is -2.03. The van der Waals surface area contributed by atoms with Gasteiger partial charge in [-0.3, -0.25) is 4.79 Å². The molecule has 1 aromatic carbocycles. The van der Waals surface area contributed by atoms with E-state index in [0.717, 1.165) is 16.3 Å². The molecule has 0 saturated carbocycles. The predicted molar refractivity (Wildman–Crippen MR) is 103 cm³/mol. The monoisotopic (exact) mass is 386 g/mol. The van der Waals surface area contributed by atoms with Gasteiger partial charge in [0, 0.05) is 18.3 Å². The number of nitrogens with zero attached hydrogens (tertiary/aromatic N) is 4. The van der Waals surface area contributed by atoms with Crippen LogP contribution in [-0.4, -0.2) is 26.1 Å². The molecule has 0 atom stereocenters. The molecule has 26 heavy (non-hydrogen) atoms. The van der Waals surface area contributed by atoms with Gasteiger partial charge in [-0.15, -0.1) is 10.2 Å². The van der Waals surface area contributed by atoms with Crippen LogP contribution in [0.5, 0.6) is 0 Å². The van der Waals surface area contributed by atoms with E-state index in [0.29, 0.717) is 28.3 Å². The number of nitrogen functional groups attached to an aromatic ring is 1. The maximum Gasteiger partial charge on any atom is 0.282 e. The van der Waals surface area contributed by atoms with Crippen LogP contribution >= 0.6 is 23.1 Å². The first-order chi connectivity index (χ1) is 12.5. The Bertz CT molecular complexity index is 890. The van der Waals surface area contributed by atoms with Gasteiger partial charge in [-0.05, 0) is 19.4 Å². The van der Waals surface area contributed by atoms with Crippen LogP contribution in [0.4, 0.5) is 5.82 Å². The molecular formula is C17H18N6OS2. The number of carbonyl (C=O) groups is 1. The Morgan fingerprint density at radius 1 is 1.19 bits per heavy atom. The van der Waals surface area contributed by atoms with Crippen molar-refractivity contribution in [1.82, 2.24) is 25.5 Å². The number of benzene rings is 1. The van der Waals surface area contributed by atoms with E-state index in [1.807, 2.05) is 38.1 Å². The van der Waals surface area contributed by atoms with Crippen LogP contribution in [0.25, 0.3) is 0 Å². The number of hydrogen-bond donors (Lipinski definition) is 2. The minimum Gasteiger partial charge on any atom is -0.384 e. The van der Waals surface area contributed by atoms with Crippen LogP contribution in [0, 0.1) is 13.8 Å². The summed E-state index contributed by atoms with van der Waals surface area (Å²) in [5.74, 6) is 0.745. The molecule has 0 bridgehead atoms. The van der Waals surface area contributed by atoms with Crippen molar-refractivity contribution in [2.45, 2.75) is 31.3 Å². The van der Waals surface area contributed by atoms with Crippen LogP contribution in [0.1, 0.15) is 31.6 Å². The van der Waals surface area contributed by atoms with Crippen molar-refractivity contribution in [1.29, 1.82) is 0 Å². The Hall–Kier alpha value is -2.52. The van der Waals surface area contributed by atoms with E-state index in [1.54, 1.807) is 6.07 Å². The second-order valence-corrected chi connectivity index (χ2v) is 7.68. The summed E-state index contributed by atoms with van der Waals surface area (Å²) in [5.41, 5.74) is 8.76. The molecule has 134 valence electrons. The molecule has 0 aliphatic rings. The Morgan fingerprint density at radius 3 is 2.69 bits per heavy atom. The minimum absolute atomic E-state index is 0.227. The van der Waals surface area contributed by atoms with Crippen LogP contribution in [0.15, 0.2) is 35.5 Å². The molecule has 0 unspecified atom stereocenters. The summed E-state index contributed by atoms with van der Waals surface area (Å²) in [6, 6.07) is 9.73. The minimum atomic E-state index is -0.227. The maximum absolute atomic E-state index is 12.2. The van der Waals surface area contributed by atoms with Crippen molar-refractivity contribution in [3.8, 4) is 0 Å². The average molecular weight is 387 g/mol. The first-order valence-electron chi connectivity index (χ1n) is 7.89. The highest BCUT2D eigenvalue weighted by molar-refractivity contribution is 7.98. The number of nitrogens with two attached hydrogens (primary N) is 1. The van der Waals surface area contributed by atoms with Crippen LogP contribution in [-0.2, 0) is 12.3 Å². The SMILES string of the molecule is Cc1ccc(CNC(=O)c2nnc(CSc3nc(C)cc(N)n3)s2)cc1. The van der Waals surface area contributed by atoms with E-state index in [9.17, 15) is 4.79 Å². The summed E-state index contributed by atoms with van der Waals surface area (Å²) in [4.78, 5) is 20.7. The van der Waals surface area contributed by atoms with Gasteiger partial charge in [0.25, 0.3) is 5.91 Å². The van der Waals surface area contributed by atoms with Gasteiger partial charge >= 0.3 is 0 Å². The number of carbonyl (C=O) groups excluding carboxylic acids is 1. The molecule has 7 nitrogen and oxygen atoms in total. The normalized spacial score (nSPS) is 10.7.